The lowest BCUT2D eigenvalue weighted by Crippen LogP contribution is -2.35. The summed E-state index contributed by atoms with van der Waals surface area (Å²) in [7, 11) is 0. The predicted molar refractivity (Wildman–Crippen MR) is 72.0 cm³/mol. The van der Waals surface area contributed by atoms with Crippen molar-refractivity contribution in [2.75, 3.05) is 13.2 Å². The monoisotopic (exact) mass is 268 g/mol. The maximum Gasteiger partial charge on any atom is 0.265 e. The number of rotatable bonds is 4. The van der Waals surface area contributed by atoms with Gasteiger partial charge in [-0.05, 0) is 12.8 Å². The zero-order valence-corrected chi connectivity index (χ0v) is 12.0. The maximum atomic E-state index is 12.3. The summed E-state index contributed by atoms with van der Waals surface area (Å²) in [4.78, 5) is 19.1. The largest absolute Gasteiger partial charge is 0.395 e. The van der Waals surface area contributed by atoms with E-state index in [0.29, 0.717) is 17.5 Å². The first-order valence-electron chi connectivity index (χ1n) is 6.31. The second kappa shape index (κ2) is 4.97. The van der Waals surface area contributed by atoms with Gasteiger partial charge in [0, 0.05) is 18.0 Å². The third-order valence-electron chi connectivity index (χ3n) is 2.95. The molecule has 0 bridgehead atoms. The van der Waals surface area contributed by atoms with E-state index in [1.54, 1.807) is 11.1 Å². The van der Waals surface area contributed by atoms with Crippen molar-refractivity contribution in [3.8, 4) is 0 Å². The Morgan fingerprint density at radius 3 is 2.67 bits per heavy atom. The average Bonchev–Trinajstić information content (AvgIpc) is 2.99. The Morgan fingerprint density at radius 2 is 2.22 bits per heavy atom. The van der Waals surface area contributed by atoms with Crippen molar-refractivity contribution in [2.24, 2.45) is 0 Å². The van der Waals surface area contributed by atoms with Crippen molar-refractivity contribution < 1.29 is 9.90 Å². The Bertz CT molecular complexity index is 432. The van der Waals surface area contributed by atoms with Gasteiger partial charge in [-0.2, -0.15) is 0 Å². The first-order valence-corrected chi connectivity index (χ1v) is 7.13. The van der Waals surface area contributed by atoms with Crippen LogP contribution in [0.3, 0.4) is 0 Å². The summed E-state index contributed by atoms with van der Waals surface area (Å²) in [5, 5.41) is 10.0. The van der Waals surface area contributed by atoms with Crippen LogP contribution in [0, 0.1) is 0 Å². The summed E-state index contributed by atoms with van der Waals surface area (Å²) >= 11 is 1.46. The Labute approximate surface area is 112 Å². The second-order valence-electron chi connectivity index (χ2n) is 5.73. The van der Waals surface area contributed by atoms with Gasteiger partial charge in [0.1, 0.15) is 4.88 Å². The SMILES string of the molecule is CC(C)(C)c1ncc(C(=O)N(CCO)C2CC2)s1. The minimum absolute atomic E-state index is 0.0135. The van der Waals surface area contributed by atoms with E-state index in [-0.39, 0.29) is 17.9 Å². The minimum atomic E-state index is -0.0232. The number of amides is 1. The number of aromatic nitrogens is 1. The molecule has 1 saturated carbocycles. The molecule has 2 rings (SSSR count). The molecule has 0 atom stereocenters. The number of aliphatic hydroxyl groups excluding tert-OH is 1. The lowest BCUT2D eigenvalue weighted by molar-refractivity contribution is 0.0712. The van der Waals surface area contributed by atoms with Crippen LogP contribution in [0.25, 0.3) is 0 Å². The summed E-state index contributed by atoms with van der Waals surface area (Å²) in [6.45, 7) is 6.71. The molecular weight excluding hydrogens is 248 g/mol. The predicted octanol–water partition coefficient (Wildman–Crippen LogP) is 2.04. The van der Waals surface area contributed by atoms with Crippen LogP contribution in [-0.2, 0) is 5.41 Å². The summed E-state index contributed by atoms with van der Waals surface area (Å²) in [5.41, 5.74) is -0.0232. The zero-order chi connectivity index (χ0) is 13.3. The summed E-state index contributed by atoms with van der Waals surface area (Å²) in [6.07, 6.45) is 3.77. The van der Waals surface area contributed by atoms with Gasteiger partial charge in [-0.25, -0.2) is 4.98 Å². The molecule has 1 aliphatic rings. The molecule has 18 heavy (non-hydrogen) atoms. The molecule has 1 N–H and O–H groups in total. The quantitative estimate of drug-likeness (QED) is 0.909. The van der Waals surface area contributed by atoms with E-state index in [1.807, 2.05) is 0 Å². The summed E-state index contributed by atoms with van der Waals surface area (Å²) in [6, 6.07) is 0.324. The highest BCUT2D eigenvalue weighted by atomic mass is 32.1. The van der Waals surface area contributed by atoms with Gasteiger partial charge in [0.25, 0.3) is 5.91 Å². The van der Waals surface area contributed by atoms with Crippen molar-refractivity contribution >= 4 is 17.2 Å². The average molecular weight is 268 g/mol. The Morgan fingerprint density at radius 1 is 1.56 bits per heavy atom. The second-order valence-corrected chi connectivity index (χ2v) is 6.76. The molecule has 0 unspecified atom stereocenters. The van der Waals surface area contributed by atoms with Crippen LogP contribution in [0.2, 0.25) is 0 Å². The minimum Gasteiger partial charge on any atom is -0.395 e. The van der Waals surface area contributed by atoms with Crippen LogP contribution in [0.15, 0.2) is 6.20 Å². The molecule has 0 aromatic carbocycles. The van der Waals surface area contributed by atoms with Crippen molar-refractivity contribution in [3.63, 3.8) is 0 Å². The topological polar surface area (TPSA) is 53.4 Å². The van der Waals surface area contributed by atoms with Gasteiger partial charge in [-0.1, -0.05) is 20.8 Å². The molecule has 0 aliphatic heterocycles. The van der Waals surface area contributed by atoms with Crippen molar-refractivity contribution in [1.29, 1.82) is 0 Å². The number of carbonyl (C=O) groups is 1. The van der Waals surface area contributed by atoms with Gasteiger partial charge >= 0.3 is 0 Å². The molecule has 1 aliphatic carbocycles. The van der Waals surface area contributed by atoms with Gasteiger partial charge in [-0.3, -0.25) is 4.79 Å². The summed E-state index contributed by atoms with van der Waals surface area (Å²) < 4.78 is 0. The van der Waals surface area contributed by atoms with Crippen molar-refractivity contribution in [3.05, 3.63) is 16.1 Å². The molecule has 5 heteroatoms. The normalized spacial score (nSPS) is 15.8. The van der Waals surface area contributed by atoms with Crippen LogP contribution < -0.4 is 0 Å². The van der Waals surface area contributed by atoms with Crippen molar-refractivity contribution in [2.45, 2.75) is 45.1 Å². The van der Waals surface area contributed by atoms with Crippen LogP contribution >= 0.6 is 11.3 Å². The molecule has 1 fully saturated rings. The smallest absolute Gasteiger partial charge is 0.265 e. The standard InChI is InChI=1S/C13H20N2O2S/c1-13(2,3)12-14-8-10(18-12)11(17)15(6-7-16)9-4-5-9/h8-9,16H,4-7H2,1-3H3. The van der Waals surface area contributed by atoms with Crippen molar-refractivity contribution in [1.82, 2.24) is 9.88 Å². The van der Waals surface area contributed by atoms with Crippen LogP contribution in [0.5, 0.6) is 0 Å². The van der Waals surface area contributed by atoms with E-state index in [9.17, 15) is 4.79 Å². The Hall–Kier alpha value is -0.940. The third kappa shape index (κ3) is 2.90. The number of thiazole rings is 1. The molecule has 4 nitrogen and oxygen atoms in total. The molecular formula is C13H20N2O2S. The van der Waals surface area contributed by atoms with Crippen LogP contribution in [-0.4, -0.2) is 40.1 Å². The lowest BCUT2D eigenvalue weighted by atomic mass is 9.98. The molecule has 100 valence electrons. The van der Waals surface area contributed by atoms with Gasteiger partial charge < -0.3 is 10.0 Å². The highest BCUT2D eigenvalue weighted by molar-refractivity contribution is 7.13. The van der Waals surface area contributed by atoms with E-state index < -0.39 is 0 Å². The first-order chi connectivity index (χ1) is 8.43. The molecule has 1 amide bonds. The van der Waals surface area contributed by atoms with Gasteiger partial charge in [0.15, 0.2) is 0 Å². The fourth-order valence-corrected chi connectivity index (χ4v) is 2.74. The number of hydrogen-bond acceptors (Lipinski definition) is 4. The highest BCUT2D eigenvalue weighted by Crippen LogP contribution is 2.31. The number of carbonyl (C=O) groups excluding carboxylic acids is 1. The Balaban J connectivity index is 2.14. The van der Waals surface area contributed by atoms with Gasteiger partial charge in [0.2, 0.25) is 0 Å². The fraction of sp³-hybridized carbons (Fsp3) is 0.692. The molecule has 0 saturated heterocycles. The summed E-state index contributed by atoms with van der Waals surface area (Å²) in [5.74, 6) is 0.0135. The molecule has 0 radical (unpaired) electrons. The van der Waals surface area contributed by atoms with E-state index in [1.165, 1.54) is 11.3 Å². The van der Waals surface area contributed by atoms with E-state index in [4.69, 9.17) is 5.11 Å². The third-order valence-corrected chi connectivity index (χ3v) is 4.36. The fourth-order valence-electron chi connectivity index (χ4n) is 1.81. The number of nitrogens with zero attached hydrogens (tertiary/aromatic N) is 2. The van der Waals surface area contributed by atoms with E-state index in [0.717, 1.165) is 17.8 Å². The highest BCUT2D eigenvalue weighted by Gasteiger charge is 2.33. The number of aliphatic hydroxyl groups is 1. The van der Waals surface area contributed by atoms with Crippen LogP contribution in [0.1, 0.15) is 48.3 Å². The molecule has 1 aromatic rings. The zero-order valence-electron chi connectivity index (χ0n) is 11.1. The van der Waals surface area contributed by atoms with Gasteiger partial charge in [0.05, 0.1) is 17.8 Å². The molecule has 1 heterocycles. The lowest BCUT2D eigenvalue weighted by Gasteiger charge is -2.20. The Kier molecular flexibility index (Phi) is 3.73. The van der Waals surface area contributed by atoms with E-state index in [2.05, 4.69) is 25.8 Å². The van der Waals surface area contributed by atoms with Gasteiger partial charge in [-0.15, -0.1) is 11.3 Å². The molecule has 1 aromatic heterocycles. The maximum absolute atomic E-state index is 12.3. The molecule has 0 spiro atoms. The first kappa shape index (κ1) is 13.5. The number of hydrogen-bond donors (Lipinski definition) is 1. The van der Waals surface area contributed by atoms with E-state index >= 15 is 0 Å². The van der Waals surface area contributed by atoms with Crippen LogP contribution in [0.4, 0.5) is 0 Å².